The Balaban J connectivity index is 1.43. The Morgan fingerprint density at radius 3 is 2.71 bits per heavy atom. The number of nitrogens with zero attached hydrogens (tertiary/aromatic N) is 1. The number of fused-ring (bicyclic) bond motifs is 4. The first-order valence-electron chi connectivity index (χ1n) is 13.8. The van der Waals surface area contributed by atoms with Crippen LogP contribution >= 0.6 is 0 Å². The largest absolute Gasteiger partial charge is 0.417 e. The molecule has 0 aromatic carbocycles. The van der Waals surface area contributed by atoms with Gasteiger partial charge in [-0.25, -0.2) is 0 Å². The average molecular weight is 522 g/mol. The van der Waals surface area contributed by atoms with Crippen molar-refractivity contribution in [1.82, 2.24) is 4.98 Å². The SMILES string of the molecule is C[C@]12CC(C3C=C(/C=C/c4ccccn4)C=CC3)C3=C4CCC(=O)C=C4CCC3C1CC[C@@]2(O)C(F)(F)F. The fourth-order valence-electron chi connectivity index (χ4n) is 8.36. The zero-order chi connectivity index (χ0) is 26.7. The van der Waals surface area contributed by atoms with E-state index in [1.165, 1.54) is 11.1 Å². The topological polar surface area (TPSA) is 50.2 Å². The monoisotopic (exact) mass is 521 g/mol. The molecule has 1 aromatic rings. The number of hydrogen-bond acceptors (Lipinski definition) is 3. The van der Waals surface area contributed by atoms with Gasteiger partial charge in [-0.1, -0.05) is 42.9 Å². The molecule has 5 aliphatic rings. The Bertz CT molecular complexity index is 1290. The van der Waals surface area contributed by atoms with Gasteiger partial charge in [-0.3, -0.25) is 9.78 Å². The molecule has 6 atom stereocenters. The molecule has 0 bridgehead atoms. The maximum Gasteiger partial charge on any atom is 0.417 e. The van der Waals surface area contributed by atoms with E-state index in [-0.39, 0.29) is 35.9 Å². The van der Waals surface area contributed by atoms with E-state index >= 15 is 0 Å². The van der Waals surface area contributed by atoms with E-state index in [0.29, 0.717) is 25.7 Å². The third-order valence-electron chi connectivity index (χ3n) is 10.2. The second-order valence-corrected chi connectivity index (χ2v) is 12.0. The predicted octanol–water partition coefficient (Wildman–Crippen LogP) is 7.32. The fraction of sp³-hybridized carbons (Fsp3) is 0.500. The van der Waals surface area contributed by atoms with Gasteiger partial charge in [0.25, 0.3) is 0 Å². The van der Waals surface area contributed by atoms with Crippen LogP contribution < -0.4 is 0 Å². The van der Waals surface area contributed by atoms with Crippen LogP contribution in [0.15, 0.2) is 77.1 Å². The van der Waals surface area contributed by atoms with Crippen molar-refractivity contribution in [3.63, 3.8) is 0 Å². The number of alkyl halides is 3. The minimum absolute atomic E-state index is 0.0160. The molecule has 3 nitrogen and oxygen atoms in total. The number of carbonyl (C=O) groups is 1. The Morgan fingerprint density at radius 1 is 1.11 bits per heavy atom. The van der Waals surface area contributed by atoms with Gasteiger partial charge in [0.15, 0.2) is 11.4 Å². The fourth-order valence-corrected chi connectivity index (χ4v) is 8.36. The number of carbonyl (C=O) groups excluding carboxylic acids is 1. The van der Waals surface area contributed by atoms with E-state index in [1.807, 2.05) is 30.4 Å². The lowest BCUT2D eigenvalue weighted by molar-refractivity contribution is -0.300. The van der Waals surface area contributed by atoms with E-state index in [0.717, 1.165) is 36.1 Å². The van der Waals surface area contributed by atoms with Gasteiger partial charge < -0.3 is 5.11 Å². The molecule has 2 fully saturated rings. The summed E-state index contributed by atoms with van der Waals surface area (Å²) < 4.78 is 43.3. The zero-order valence-corrected chi connectivity index (χ0v) is 21.7. The highest BCUT2D eigenvalue weighted by Gasteiger charge is 2.72. The molecule has 0 amide bonds. The first-order valence-corrected chi connectivity index (χ1v) is 13.8. The van der Waals surface area contributed by atoms with Gasteiger partial charge in [0, 0.05) is 18.0 Å². The van der Waals surface area contributed by atoms with Crippen LogP contribution in [0, 0.1) is 29.1 Å². The number of allylic oxidation sites excluding steroid dienone is 9. The van der Waals surface area contributed by atoms with Crippen molar-refractivity contribution in [2.75, 3.05) is 0 Å². The molecule has 6 heteroatoms. The highest BCUT2D eigenvalue weighted by Crippen LogP contribution is 2.69. The van der Waals surface area contributed by atoms with Gasteiger partial charge in [0.1, 0.15) is 0 Å². The van der Waals surface area contributed by atoms with Crippen molar-refractivity contribution in [3.05, 3.63) is 82.8 Å². The lowest BCUT2D eigenvalue weighted by Crippen LogP contribution is -2.59. The Labute approximate surface area is 221 Å². The molecule has 0 saturated heterocycles. The summed E-state index contributed by atoms with van der Waals surface area (Å²) in [4.78, 5) is 16.6. The zero-order valence-electron chi connectivity index (χ0n) is 21.7. The Hall–Kier alpha value is -2.73. The van der Waals surface area contributed by atoms with Gasteiger partial charge in [-0.15, -0.1) is 0 Å². The number of hydrogen-bond donors (Lipinski definition) is 1. The van der Waals surface area contributed by atoms with E-state index in [1.54, 1.807) is 19.2 Å². The number of ketones is 1. The maximum absolute atomic E-state index is 14.4. The van der Waals surface area contributed by atoms with E-state index in [9.17, 15) is 23.1 Å². The number of rotatable bonds is 3. The third kappa shape index (κ3) is 3.98. The molecular formula is C32H34F3NO2. The van der Waals surface area contributed by atoms with Gasteiger partial charge >= 0.3 is 6.18 Å². The maximum atomic E-state index is 14.4. The van der Waals surface area contributed by atoms with Crippen LogP contribution in [0.2, 0.25) is 0 Å². The van der Waals surface area contributed by atoms with E-state index in [2.05, 4.69) is 23.2 Å². The van der Waals surface area contributed by atoms with Crippen LogP contribution in [-0.2, 0) is 4.79 Å². The van der Waals surface area contributed by atoms with E-state index < -0.39 is 17.2 Å². The summed E-state index contributed by atoms with van der Waals surface area (Å²) in [5, 5.41) is 11.3. The summed E-state index contributed by atoms with van der Waals surface area (Å²) in [6, 6.07) is 5.73. The average Bonchev–Trinajstić information content (AvgIpc) is 3.19. The van der Waals surface area contributed by atoms with Crippen LogP contribution in [0.25, 0.3) is 6.08 Å². The van der Waals surface area contributed by atoms with Crippen LogP contribution in [0.1, 0.15) is 64.0 Å². The quantitative estimate of drug-likeness (QED) is 0.453. The second kappa shape index (κ2) is 9.18. The molecule has 4 unspecified atom stereocenters. The third-order valence-corrected chi connectivity index (χ3v) is 10.2. The van der Waals surface area contributed by atoms with Crippen LogP contribution in [0.4, 0.5) is 13.2 Å². The first-order chi connectivity index (χ1) is 18.1. The van der Waals surface area contributed by atoms with Crippen molar-refractivity contribution < 1.29 is 23.1 Å². The molecule has 0 spiro atoms. The number of aromatic nitrogens is 1. The van der Waals surface area contributed by atoms with Crippen LogP contribution in [0.3, 0.4) is 0 Å². The molecule has 1 heterocycles. The molecule has 0 radical (unpaired) electrons. The molecule has 2 saturated carbocycles. The molecule has 1 N–H and O–H groups in total. The number of aliphatic hydroxyl groups is 1. The smallest absolute Gasteiger partial charge is 0.380 e. The number of pyridine rings is 1. The summed E-state index contributed by atoms with van der Waals surface area (Å²) in [7, 11) is 0. The van der Waals surface area contributed by atoms with Gasteiger partial charge in [-0.2, -0.15) is 13.2 Å². The summed E-state index contributed by atoms with van der Waals surface area (Å²) in [6.07, 6.45) is 13.0. The summed E-state index contributed by atoms with van der Waals surface area (Å²) in [6.45, 7) is 1.70. The molecule has 38 heavy (non-hydrogen) atoms. The van der Waals surface area contributed by atoms with Gasteiger partial charge in [0.2, 0.25) is 0 Å². The molecule has 1 aromatic heterocycles. The normalized spacial score (nSPS) is 37.0. The minimum Gasteiger partial charge on any atom is -0.380 e. The highest BCUT2D eigenvalue weighted by atomic mass is 19.4. The lowest BCUT2D eigenvalue weighted by atomic mass is 9.50. The van der Waals surface area contributed by atoms with Crippen LogP contribution in [0.5, 0.6) is 0 Å². The number of halogens is 3. The van der Waals surface area contributed by atoms with Crippen molar-refractivity contribution in [3.8, 4) is 0 Å². The summed E-state index contributed by atoms with van der Waals surface area (Å²) in [5.41, 5.74) is 1.55. The Kier molecular flexibility index (Phi) is 6.17. The minimum atomic E-state index is -4.67. The van der Waals surface area contributed by atoms with Crippen molar-refractivity contribution in [2.45, 2.75) is 70.1 Å². The first kappa shape index (κ1) is 25.5. The molecule has 0 aliphatic heterocycles. The lowest BCUT2D eigenvalue weighted by Gasteiger charge is -2.56. The summed E-state index contributed by atoms with van der Waals surface area (Å²) in [5.74, 6) is -0.125. The predicted molar refractivity (Wildman–Crippen MR) is 141 cm³/mol. The second-order valence-electron chi connectivity index (χ2n) is 12.0. The Morgan fingerprint density at radius 2 is 1.95 bits per heavy atom. The summed E-state index contributed by atoms with van der Waals surface area (Å²) >= 11 is 0. The standard InChI is InChI=1S/C32H34F3NO2/c1-30-19-27(21-6-4-5-20(17-21)8-10-23-7-2-3-16-36-23)29-25-13-11-24(37)18-22(25)9-12-26(29)28(30)14-15-31(30,38)32(33,34)35/h2-5,7-8,10,16-18,21,26-28,38H,6,9,11-15,19H2,1H3/b10-8+/t21?,26?,27?,28?,30-,31-/m0/s1. The van der Waals surface area contributed by atoms with Crippen LogP contribution in [-0.4, -0.2) is 27.7 Å². The van der Waals surface area contributed by atoms with Gasteiger partial charge in [-0.05, 0) is 110 Å². The van der Waals surface area contributed by atoms with Crippen molar-refractivity contribution >= 4 is 11.9 Å². The molecule has 6 rings (SSSR count). The highest BCUT2D eigenvalue weighted by molar-refractivity contribution is 5.93. The van der Waals surface area contributed by atoms with Gasteiger partial charge in [0.05, 0.1) is 5.69 Å². The van der Waals surface area contributed by atoms with Crippen molar-refractivity contribution in [1.29, 1.82) is 0 Å². The molecule has 5 aliphatic carbocycles. The molecular weight excluding hydrogens is 487 g/mol. The van der Waals surface area contributed by atoms with E-state index in [4.69, 9.17) is 0 Å². The van der Waals surface area contributed by atoms with Crippen molar-refractivity contribution in [2.24, 2.45) is 29.1 Å². The molecule has 200 valence electrons.